The number of nitrogens with one attached hydrogen (secondary N) is 1. The van der Waals surface area contributed by atoms with E-state index in [1.54, 1.807) is 28.9 Å². The SMILES string of the molecule is O=C(COCc1nc2ccccc2s1)Nc1ccc(-c2nccs2)cc1. The summed E-state index contributed by atoms with van der Waals surface area (Å²) in [5.41, 5.74) is 2.73. The van der Waals surface area contributed by atoms with Crippen LogP contribution >= 0.6 is 22.7 Å². The van der Waals surface area contributed by atoms with Gasteiger partial charge in [-0.3, -0.25) is 4.79 Å². The Balaban J connectivity index is 1.28. The van der Waals surface area contributed by atoms with Gasteiger partial charge in [-0.25, -0.2) is 9.97 Å². The fourth-order valence-corrected chi connectivity index (χ4v) is 4.02. The summed E-state index contributed by atoms with van der Waals surface area (Å²) >= 11 is 3.16. The fraction of sp³-hybridized carbons (Fsp3) is 0.105. The minimum atomic E-state index is -0.187. The van der Waals surface area contributed by atoms with Crippen LogP contribution in [0.15, 0.2) is 60.1 Å². The van der Waals surface area contributed by atoms with Crippen molar-refractivity contribution in [1.82, 2.24) is 9.97 Å². The van der Waals surface area contributed by atoms with Crippen molar-refractivity contribution in [2.45, 2.75) is 6.61 Å². The molecule has 0 aliphatic heterocycles. The third kappa shape index (κ3) is 3.96. The summed E-state index contributed by atoms with van der Waals surface area (Å²) in [6, 6.07) is 15.5. The molecule has 130 valence electrons. The Morgan fingerprint density at radius 3 is 2.73 bits per heavy atom. The number of hydrogen-bond acceptors (Lipinski definition) is 6. The highest BCUT2D eigenvalue weighted by Gasteiger charge is 2.07. The van der Waals surface area contributed by atoms with Crippen LogP contribution in [0, 0.1) is 0 Å². The zero-order valence-corrected chi connectivity index (χ0v) is 15.3. The van der Waals surface area contributed by atoms with Gasteiger partial charge in [0.15, 0.2) is 0 Å². The van der Waals surface area contributed by atoms with Crippen LogP contribution < -0.4 is 5.32 Å². The van der Waals surface area contributed by atoms with E-state index in [1.165, 1.54) is 0 Å². The molecule has 0 bridgehead atoms. The molecular weight excluding hydrogens is 366 g/mol. The second-order valence-electron chi connectivity index (χ2n) is 5.53. The lowest BCUT2D eigenvalue weighted by molar-refractivity contribution is -0.121. The van der Waals surface area contributed by atoms with Crippen LogP contribution in [-0.4, -0.2) is 22.5 Å². The number of benzene rings is 2. The number of para-hydroxylation sites is 1. The van der Waals surface area contributed by atoms with E-state index in [0.29, 0.717) is 6.61 Å². The Bertz CT molecular complexity index is 978. The van der Waals surface area contributed by atoms with Crippen molar-refractivity contribution in [3.05, 3.63) is 65.1 Å². The van der Waals surface area contributed by atoms with Crippen LogP contribution in [0.4, 0.5) is 5.69 Å². The third-order valence-electron chi connectivity index (χ3n) is 3.64. The summed E-state index contributed by atoms with van der Waals surface area (Å²) in [6.45, 7) is 0.319. The molecule has 0 aliphatic rings. The van der Waals surface area contributed by atoms with E-state index >= 15 is 0 Å². The molecule has 1 amide bonds. The third-order valence-corrected chi connectivity index (χ3v) is 5.48. The van der Waals surface area contributed by atoms with E-state index in [2.05, 4.69) is 15.3 Å². The fourth-order valence-electron chi connectivity index (χ4n) is 2.47. The van der Waals surface area contributed by atoms with Crippen molar-refractivity contribution in [3.8, 4) is 10.6 Å². The van der Waals surface area contributed by atoms with Gasteiger partial charge in [-0.2, -0.15) is 0 Å². The van der Waals surface area contributed by atoms with Crippen LogP contribution in [0.1, 0.15) is 5.01 Å². The van der Waals surface area contributed by atoms with Gasteiger partial charge in [-0.15, -0.1) is 22.7 Å². The Labute approximate surface area is 158 Å². The standard InChI is InChI=1S/C19H15N3O2S2/c23-17(11-24-12-18-22-15-3-1-2-4-16(15)26-18)21-14-7-5-13(6-8-14)19-20-9-10-25-19/h1-10H,11-12H2,(H,21,23). The Hall–Kier alpha value is -2.61. The topological polar surface area (TPSA) is 64.1 Å². The van der Waals surface area contributed by atoms with Crippen LogP contribution in [0.5, 0.6) is 0 Å². The minimum absolute atomic E-state index is 0.00977. The van der Waals surface area contributed by atoms with Crippen LogP contribution in [0.25, 0.3) is 20.8 Å². The Morgan fingerprint density at radius 1 is 1.12 bits per heavy atom. The summed E-state index contributed by atoms with van der Waals surface area (Å²) in [5.74, 6) is -0.187. The van der Waals surface area contributed by atoms with Gasteiger partial charge in [-0.1, -0.05) is 12.1 Å². The van der Waals surface area contributed by atoms with Crippen molar-refractivity contribution in [1.29, 1.82) is 0 Å². The number of carbonyl (C=O) groups is 1. The smallest absolute Gasteiger partial charge is 0.250 e. The van der Waals surface area contributed by atoms with Crippen LogP contribution in [0.2, 0.25) is 0 Å². The number of hydrogen-bond donors (Lipinski definition) is 1. The van der Waals surface area contributed by atoms with Crippen molar-refractivity contribution in [3.63, 3.8) is 0 Å². The monoisotopic (exact) mass is 381 g/mol. The predicted molar refractivity (Wildman–Crippen MR) is 105 cm³/mol. The number of ether oxygens (including phenoxy) is 1. The molecule has 0 fully saturated rings. The molecule has 2 heterocycles. The second-order valence-corrected chi connectivity index (χ2v) is 7.54. The largest absolute Gasteiger partial charge is 0.364 e. The molecule has 4 rings (SSSR count). The van der Waals surface area contributed by atoms with E-state index in [-0.39, 0.29) is 12.5 Å². The number of rotatable bonds is 6. The van der Waals surface area contributed by atoms with Gasteiger partial charge in [0, 0.05) is 22.8 Å². The Morgan fingerprint density at radius 2 is 1.96 bits per heavy atom. The normalized spacial score (nSPS) is 10.9. The highest BCUT2D eigenvalue weighted by molar-refractivity contribution is 7.18. The maximum absolute atomic E-state index is 12.0. The maximum atomic E-state index is 12.0. The summed E-state index contributed by atoms with van der Waals surface area (Å²) in [4.78, 5) is 20.8. The molecule has 0 spiro atoms. The first kappa shape index (κ1) is 16.8. The molecule has 4 aromatic rings. The molecule has 26 heavy (non-hydrogen) atoms. The van der Waals surface area contributed by atoms with Crippen molar-refractivity contribution in [2.24, 2.45) is 0 Å². The quantitative estimate of drug-likeness (QED) is 0.531. The van der Waals surface area contributed by atoms with Crippen molar-refractivity contribution < 1.29 is 9.53 Å². The van der Waals surface area contributed by atoms with Crippen LogP contribution in [-0.2, 0) is 16.1 Å². The first-order valence-corrected chi connectivity index (χ1v) is 9.69. The molecule has 5 nitrogen and oxygen atoms in total. The van der Waals surface area contributed by atoms with E-state index in [0.717, 1.165) is 31.5 Å². The summed E-state index contributed by atoms with van der Waals surface area (Å²) in [5, 5.41) is 6.60. The molecule has 0 aliphatic carbocycles. The number of fused-ring (bicyclic) bond motifs is 1. The molecule has 0 saturated carbocycles. The number of nitrogens with zero attached hydrogens (tertiary/aromatic N) is 2. The van der Waals surface area contributed by atoms with Gasteiger partial charge in [-0.05, 0) is 36.4 Å². The first-order valence-electron chi connectivity index (χ1n) is 8.00. The molecule has 0 radical (unpaired) electrons. The summed E-state index contributed by atoms with van der Waals surface area (Å²) in [6.07, 6.45) is 1.78. The van der Waals surface area contributed by atoms with E-state index in [9.17, 15) is 4.79 Å². The minimum Gasteiger partial charge on any atom is -0.364 e. The molecule has 2 aromatic carbocycles. The number of carbonyl (C=O) groups excluding carboxylic acids is 1. The molecule has 7 heteroatoms. The van der Waals surface area contributed by atoms with Gasteiger partial charge in [0.1, 0.15) is 16.6 Å². The molecule has 0 unspecified atom stereocenters. The average Bonchev–Trinajstić information content (AvgIpc) is 3.32. The number of thiazole rings is 2. The zero-order valence-electron chi connectivity index (χ0n) is 13.7. The lowest BCUT2D eigenvalue weighted by Crippen LogP contribution is -2.18. The molecule has 0 atom stereocenters. The lowest BCUT2D eigenvalue weighted by Gasteiger charge is -2.06. The number of amides is 1. The number of aromatic nitrogens is 2. The van der Waals surface area contributed by atoms with Crippen LogP contribution in [0.3, 0.4) is 0 Å². The zero-order chi connectivity index (χ0) is 17.8. The van der Waals surface area contributed by atoms with Crippen molar-refractivity contribution >= 4 is 44.5 Å². The maximum Gasteiger partial charge on any atom is 0.250 e. The average molecular weight is 381 g/mol. The second kappa shape index (κ2) is 7.74. The Kier molecular flexibility index (Phi) is 5.01. The highest BCUT2D eigenvalue weighted by Crippen LogP contribution is 2.23. The molecule has 0 saturated heterocycles. The molecule has 1 N–H and O–H groups in total. The van der Waals surface area contributed by atoms with E-state index in [1.807, 2.05) is 53.9 Å². The molecular formula is C19H15N3O2S2. The number of anilines is 1. The highest BCUT2D eigenvalue weighted by atomic mass is 32.1. The summed E-state index contributed by atoms with van der Waals surface area (Å²) in [7, 11) is 0. The van der Waals surface area contributed by atoms with Gasteiger partial charge >= 0.3 is 0 Å². The first-order chi connectivity index (χ1) is 12.8. The predicted octanol–water partition coefficient (Wildman–Crippen LogP) is 4.58. The molecule has 2 aromatic heterocycles. The van der Waals surface area contributed by atoms with E-state index in [4.69, 9.17) is 4.74 Å². The van der Waals surface area contributed by atoms with Gasteiger partial charge < -0.3 is 10.1 Å². The van der Waals surface area contributed by atoms with E-state index < -0.39 is 0 Å². The van der Waals surface area contributed by atoms with Gasteiger partial charge in [0.2, 0.25) is 5.91 Å². The van der Waals surface area contributed by atoms with Gasteiger partial charge in [0.25, 0.3) is 0 Å². The van der Waals surface area contributed by atoms with Gasteiger partial charge in [0.05, 0.1) is 16.8 Å². The summed E-state index contributed by atoms with van der Waals surface area (Å²) < 4.78 is 6.61. The van der Waals surface area contributed by atoms with Crippen molar-refractivity contribution in [2.75, 3.05) is 11.9 Å². The lowest BCUT2D eigenvalue weighted by atomic mass is 10.2.